The summed E-state index contributed by atoms with van der Waals surface area (Å²) in [6, 6.07) is 6.00. The van der Waals surface area contributed by atoms with Gasteiger partial charge in [-0.2, -0.15) is 0 Å². The highest BCUT2D eigenvalue weighted by molar-refractivity contribution is 7.98. The highest BCUT2D eigenvalue weighted by Crippen LogP contribution is 2.25. The quantitative estimate of drug-likeness (QED) is 0.368. The third kappa shape index (κ3) is 4.77. The topological polar surface area (TPSA) is 94.3 Å². The monoisotopic (exact) mass is 419 g/mol. The predicted octanol–water partition coefficient (Wildman–Crippen LogP) is 3.84. The molecular formula is C19H15F2N3O4S. The molecule has 1 amide bonds. The standard InChI is InChI=1S/C19H15F2N3O4S/c1-10-16(18(29-2)24-17(22-10)14-4-3-7-27-14)19(26)28-9-15(25)23-13-8-11(20)5-6-12(13)21/h3-8H,9H2,1-2H3,(H,23,25). The molecule has 29 heavy (non-hydrogen) atoms. The molecule has 1 aromatic carbocycles. The average molecular weight is 419 g/mol. The zero-order valence-electron chi connectivity index (χ0n) is 15.4. The number of nitrogens with one attached hydrogen (secondary N) is 1. The molecule has 0 fully saturated rings. The molecule has 0 aliphatic carbocycles. The summed E-state index contributed by atoms with van der Waals surface area (Å²) in [7, 11) is 0. The van der Waals surface area contributed by atoms with Crippen molar-refractivity contribution in [1.29, 1.82) is 0 Å². The van der Waals surface area contributed by atoms with E-state index in [-0.39, 0.29) is 11.3 Å². The number of rotatable bonds is 6. The normalized spacial score (nSPS) is 10.6. The maximum absolute atomic E-state index is 13.6. The van der Waals surface area contributed by atoms with Crippen molar-refractivity contribution in [2.75, 3.05) is 18.2 Å². The van der Waals surface area contributed by atoms with Crippen LogP contribution in [0.4, 0.5) is 14.5 Å². The lowest BCUT2D eigenvalue weighted by Gasteiger charge is -2.11. The summed E-state index contributed by atoms with van der Waals surface area (Å²) in [6.07, 6.45) is 3.21. The number of carbonyl (C=O) groups is 2. The van der Waals surface area contributed by atoms with Crippen molar-refractivity contribution in [3.8, 4) is 11.6 Å². The molecule has 2 heterocycles. The fourth-order valence-corrected chi connectivity index (χ4v) is 3.04. The molecule has 7 nitrogen and oxygen atoms in total. The van der Waals surface area contributed by atoms with E-state index in [9.17, 15) is 18.4 Å². The molecule has 0 saturated heterocycles. The van der Waals surface area contributed by atoms with Crippen molar-refractivity contribution in [1.82, 2.24) is 9.97 Å². The number of benzene rings is 1. The van der Waals surface area contributed by atoms with Crippen molar-refractivity contribution < 1.29 is 27.5 Å². The van der Waals surface area contributed by atoms with Gasteiger partial charge in [-0.1, -0.05) is 0 Å². The van der Waals surface area contributed by atoms with Gasteiger partial charge in [0, 0.05) is 6.07 Å². The third-order valence-electron chi connectivity index (χ3n) is 3.73. The van der Waals surface area contributed by atoms with Crippen LogP contribution in [0.1, 0.15) is 16.1 Å². The van der Waals surface area contributed by atoms with Crippen molar-refractivity contribution in [2.45, 2.75) is 11.9 Å². The molecule has 0 unspecified atom stereocenters. The van der Waals surface area contributed by atoms with E-state index in [1.807, 2.05) is 0 Å². The summed E-state index contributed by atoms with van der Waals surface area (Å²) in [4.78, 5) is 33.0. The Labute approximate surface area is 168 Å². The molecule has 10 heteroatoms. The Kier molecular flexibility index (Phi) is 6.23. The minimum absolute atomic E-state index is 0.109. The van der Waals surface area contributed by atoms with Crippen LogP contribution in [0.5, 0.6) is 0 Å². The summed E-state index contributed by atoms with van der Waals surface area (Å²) in [5.74, 6) is -2.40. The summed E-state index contributed by atoms with van der Waals surface area (Å²) >= 11 is 1.20. The van der Waals surface area contributed by atoms with E-state index in [4.69, 9.17) is 9.15 Å². The largest absolute Gasteiger partial charge is 0.461 e. The van der Waals surface area contributed by atoms with Crippen molar-refractivity contribution in [3.05, 3.63) is 59.5 Å². The van der Waals surface area contributed by atoms with Crippen LogP contribution in [-0.4, -0.2) is 34.7 Å². The first kappa shape index (κ1) is 20.5. The smallest absolute Gasteiger partial charge is 0.343 e. The number of aryl methyl sites for hydroxylation is 1. The molecule has 0 bridgehead atoms. The van der Waals surface area contributed by atoms with Gasteiger partial charge >= 0.3 is 5.97 Å². The first-order chi connectivity index (χ1) is 13.9. The van der Waals surface area contributed by atoms with Gasteiger partial charge in [-0.25, -0.2) is 23.5 Å². The van der Waals surface area contributed by atoms with Crippen molar-refractivity contribution in [2.24, 2.45) is 0 Å². The van der Waals surface area contributed by atoms with Gasteiger partial charge in [-0.3, -0.25) is 4.79 Å². The maximum Gasteiger partial charge on any atom is 0.343 e. The van der Waals surface area contributed by atoms with Crippen LogP contribution in [0.3, 0.4) is 0 Å². The van der Waals surface area contributed by atoms with Crippen LogP contribution in [-0.2, 0) is 9.53 Å². The number of aromatic nitrogens is 2. The van der Waals surface area contributed by atoms with Crippen LogP contribution < -0.4 is 5.32 Å². The van der Waals surface area contributed by atoms with E-state index in [0.717, 1.165) is 18.2 Å². The zero-order chi connectivity index (χ0) is 21.0. The Balaban J connectivity index is 1.72. The van der Waals surface area contributed by atoms with Crippen LogP contribution in [0, 0.1) is 18.6 Å². The molecule has 1 N–H and O–H groups in total. The van der Waals surface area contributed by atoms with E-state index in [1.54, 1.807) is 25.3 Å². The Hall–Kier alpha value is -3.27. The fourth-order valence-electron chi connectivity index (χ4n) is 2.43. The predicted molar refractivity (Wildman–Crippen MR) is 102 cm³/mol. The number of amides is 1. The molecule has 0 radical (unpaired) electrons. The SMILES string of the molecule is CSc1nc(-c2ccco2)nc(C)c1C(=O)OCC(=O)Nc1cc(F)ccc1F. The Morgan fingerprint density at radius 3 is 2.72 bits per heavy atom. The van der Waals surface area contributed by atoms with Gasteiger partial charge in [0.25, 0.3) is 5.91 Å². The highest BCUT2D eigenvalue weighted by Gasteiger charge is 2.22. The number of ether oxygens (including phenoxy) is 1. The lowest BCUT2D eigenvalue weighted by Crippen LogP contribution is -2.22. The minimum Gasteiger partial charge on any atom is -0.461 e. The molecule has 3 rings (SSSR count). The van der Waals surface area contributed by atoms with Gasteiger partial charge < -0.3 is 14.5 Å². The number of furan rings is 1. The summed E-state index contributed by atoms with van der Waals surface area (Å²) in [5, 5.41) is 2.50. The number of anilines is 1. The van der Waals surface area contributed by atoms with Crippen molar-refractivity contribution >= 4 is 29.3 Å². The van der Waals surface area contributed by atoms with E-state index in [1.165, 1.54) is 18.0 Å². The number of carbonyl (C=O) groups excluding carboxylic acids is 2. The van der Waals surface area contributed by atoms with E-state index < -0.39 is 30.1 Å². The number of nitrogens with zero attached hydrogens (tertiary/aromatic N) is 2. The zero-order valence-corrected chi connectivity index (χ0v) is 16.2. The fraction of sp³-hybridized carbons (Fsp3) is 0.158. The molecule has 0 aliphatic heterocycles. The molecule has 0 spiro atoms. The van der Waals surface area contributed by atoms with Gasteiger partial charge in [0.2, 0.25) is 0 Å². The Morgan fingerprint density at radius 2 is 2.03 bits per heavy atom. The lowest BCUT2D eigenvalue weighted by molar-refractivity contribution is -0.119. The molecule has 0 atom stereocenters. The number of hydrogen-bond donors (Lipinski definition) is 1. The maximum atomic E-state index is 13.6. The van der Waals surface area contributed by atoms with Crippen LogP contribution in [0.25, 0.3) is 11.6 Å². The molecule has 0 aliphatic rings. The minimum atomic E-state index is -0.820. The first-order valence-corrected chi connectivity index (χ1v) is 9.50. The number of esters is 1. The van der Waals surface area contributed by atoms with E-state index >= 15 is 0 Å². The molecule has 2 aromatic heterocycles. The van der Waals surface area contributed by atoms with Gasteiger partial charge in [-0.15, -0.1) is 11.8 Å². The van der Waals surface area contributed by atoms with E-state index in [2.05, 4.69) is 15.3 Å². The number of halogens is 2. The molecular weight excluding hydrogens is 404 g/mol. The summed E-state index contributed by atoms with van der Waals surface area (Å²) < 4.78 is 37.0. The van der Waals surface area contributed by atoms with Crippen LogP contribution in [0.2, 0.25) is 0 Å². The van der Waals surface area contributed by atoms with Crippen molar-refractivity contribution in [3.63, 3.8) is 0 Å². The molecule has 0 saturated carbocycles. The Bertz CT molecular complexity index is 1060. The summed E-state index contributed by atoms with van der Waals surface area (Å²) in [5.41, 5.74) is 0.105. The lowest BCUT2D eigenvalue weighted by atomic mass is 10.2. The third-order valence-corrected chi connectivity index (χ3v) is 4.41. The van der Waals surface area contributed by atoms with Gasteiger partial charge in [0.15, 0.2) is 18.2 Å². The van der Waals surface area contributed by atoms with Gasteiger partial charge in [0.05, 0.1) is 17.6 Å². The Morgan fingerprint density at radius 1 is 1.24 bits per heavy atom. The average Bonchev–Trinajstić information content (AvgIpc) is 3.23. The highest BCUT2D eigenvalue weighted by atomic mass is 32.2. The van der Waals surface area contributed by atoms with Crippen LogP contribution >= 0.6 is 11.8 Å². The summed E-state index contributed by atoms with van der Waals surface area (Å²) in [6.45, 7) is 0.911. The van der Waals surface area contributed by atoms with Gasteiger partial charge in [-0.05, 0) is 37.4 Å². The van der Waals surface area contributed by atoms with Gasteiger partial charge in [0.1, 0.15) is 22.2 Å². The molecule has 3 aromatic rings. The second-order valence-electron chi connectivity index (χ2n) is 5.74. The molecule has 150 valence electrons. The number of thioether (sulfide) groups is 1. The second-order valence-corrected chi connectivity index (χ2v) is 6.54. The first-order valence-electron chi connectivity index (χ1n) is 8.27. The van der Waals surface area contributed by atoms with E-state index in [0.29, 0.717) is 22.3 Å². The second kappa shape index (κ2) is 8.82. The van der Waals surface area contributed by atoms with Crippen LogP contribution in [0.15, 0.2) is 46.0 Å². The number of hydrogen-bond acceptors (Lipinski definition) is 7.